The molecular formula is C20H25F3N4O3. The predicted octanol–water partition coefficient (Wildman–Crippen LogP) is 4.01. The third kappa shape index (κ3) is 4.10. The summed E-state index contributed by atoms with van der Waals surface area (Å²) in [6.07, 6.45) is -3.76. The quantitative estimate of drug-likeness (QED) is 0.726. The monoisotopic (exact) mass is 426 g/mol. The molecule has 0 aromatic carbocycles. The zero-order valence-electron chi connectivity index (χ0n) is 17.0. The van der Waals surface area contributed by atoms with Gasteiger partial charge < -0.3 is 14.4 Å². The zero-order valence-corrected chi connectivity index (χ0v) is 17.0. The van der Waals surface area contributed by atoms with Crippen LogP contribution in [0.15, 0.2) is 12.1 Å². The van der Waals surface area contributed by atoms with E-state index < -0.39 is 24.3 Å². The molecule has 3 heterocycles. The number of carbonyl (C=O) groups is 1. The standard InChI is InChI=1S/C20H25F3N4O3/c1-12-9-16(17-11-26(7-8-30-17)19(28)29-2)27-18(24-12)10-15(25-27)13-3-5-14(6-4-13)20(21,22)23/h9-10,13-14,17H,3-8,11H2,1-2H3/t13?,14?,17-/m1/s1. The van der Waals surface area contributed by atoms with Crippen LogP contribution in [-0.2, 0) is 9.47 Å². The van der Waals surface area contributed by atoms with E-state index >= 15 is 0 Å². The van der Waals surface area contributed by atoms with Crippen molar-refractivity contribution in [3.8, 4) is 0 Å². The maximum atomic E-state index is 13.0. The van der Waals surface area contributed by atoms with Gasteiger partial charge in [-0.2, -0.15) is 18.3 Å². The number of nitrogens with zero attached hydrogens (tertiary/aromatic N) is 4. The smallest absolute Gasteiger partial charge is 0.409 e. The van der Waals surface area contributed by atoms with E-state index in [-0.39, 0.29) is 18.8 Å². The first kappa shape index (κ1) is 20.9. The highest BCUT2D eigenvalue weighted by Gasteiger charge is 2.42. The van der Waals surface area contributed by atoms with Gasteiger partial charge in [-0.25, -0.2) is 14.3 Å². The molecule has 0 bridgehead atoms. The Morgan fingerprint density at radius 3 is 2.63 bits per heavy atom. The van der Waals surface area contributed by atoms with Crippen molar-refractivity contribution in [2.75, 3.05) is 26.8 Å². The van der Waals surface area contributed by atoms with E-state index in [2.05, 4.69) is 10.1 Å². The van der Waals surface area contributed by atoms with Crippen LogP contribution in [0.2, 0.25) is 0 Å². The van der Waals surface area contributed by atoms with Crippen LogP contribution in [0.4, 0.5) is 18.0 Å². The summed E-state index contributed by atoms with van der Waals surface area (Å²) in [6, 6.07) is 3.73. The molecule has 1 saturated heterocycles. The van der Waals surface area contributed by atoms with Crippen LogP contribution < -0.4 is 0 Å². The van der Waals surface area contributed by atoms with Gasteiger partial charge in [0, 0.05) is 24.2 Å². The molecule has 30 heavy (non-hydrogen) atoms. The van der Waals surface area contributed by atoms with Gasteiger partial charge in [-0.1, -0.05) is 0 Å². The lowest BCUT2D eigenvalue weighted by Gasteiger charge is -2.32. The highest BCUT2D eigenvalue weighted by molar-refractivity contribution is 5.67. The van der Waals surface area contributed by atoms with Gasteiger partial charge >= 0.3 is 12.3 Å². The molecule has 1 aliphatic carbocycles. The van der Waals surface area contributed by atoms with Gasteiger partial charge in [0.15, 0.2) is 5.65 Å². The molecule has 4 rings (SSSR count). The van der Waals surface area contributed by atoms with Crippen LogP contribution in [0, 0.1) is 12.8 Å². The Bertz CT molecular complexity index is 922. The SMILES string of the molecule is COC(=O)N1CCO[C@@H](c2cc(C)nc3cc(C4CCC(C(F)(F)F)CC4)nn23)C1. The molecule has 2 aromatic heterocycles. The molecule has 2 aliphatic rings. The molecule has 1 atom stereocenters. The molecule has 0 spiro atoms. The van der Waals surface area contributed by atoms with Crippen LogP contribution in [0.3, 0.4) is 0 Å². The third-order valence-electron chi connectivity index (χ3n) is 6.04. The second-order valence-corrected chi connectivity index (χ2v) is 8.03. The number of morpholine rings is 1. The van der Waals surface area contributed by atoms with E-state index in [1.165, 1.54) is 7.11 Å². The molecule has 0 radical (unpaired) electrons. The van der Waals surface area contributed by atoms with Crippen molar-refractivity contribution in [1.29, 1.82) is 0 Å². The number of fused-ring (bicyclic) bond motifs is 1. The van der Waals surface area contributed by atoms with Gasteiger partial charge in [0.25, 0.3) is 0 Å². The second kappa shape index (κ2) is 8.05. The second-order valence-electron chi connectivity index (χ2n) is 8.03. The normalized spacial score (nSPS) is 25.5. The van der Waals surface area contributed by atoms with Gasteiger partial charge in [-0.15, -0.1) is 0 Å². The first-order valence-corrected chi connectivity index (χ1v) is 10.1. The number of halogens is 3. The van der Waals surface area contributed by atoms with Crippen LogP contribution in [0.5, 0.6) is 0 Å². The fraction of sp³-hybridized carbons (Fsp3) is 0.650. The van der Waals surface area contributed by atoms with Crippen LogP contribution in [0.1, 0.15) is 54.8 Å². The van der Waals surface area contributed by atoms with Crippen LogP contribution in [-0.4, -0.2) is 58.6 Å². The van der Waals surface area contributed by atoms with Gasteiger partial charge in [0.2, 0.25) is 0 Å². The first-order chi connectivity index (χ1) is 14.3. The summed E-state index contributed by atoms with van der Waals surface area (Å²) >= 11 is 0. The number of carbonyl (C=O) groups excluding carboxylic acids is 1. The van der Waals surface area contributed by atoms with Crippen LogP contribution in [0.25, 0.3) is 5.65 Å². The molecular weight excluding hydrogens is 401 g/mol. The molecule has 7 nitrogen and oxygen atoms in total. The Hall–Kier alpha value is -2.36. The fourth-order valence-electron chi connectivity index (χ4n) is 4.42. The van der Waals surface area contributed by atoms with Crippen molar-refractivity contribution in [2.24, 2.45) is 5.92 Å². The summed E-state index contributed by atoms with van der Waals surface area (Å²) in [5.41, 5.74) is 2.94. The van der Waals surface area contributed by atoms with E-state index in [0.29, 0.717) is 38.2 Å². The number of ether oxygens (including phenoxy) is 2. The van der Waals surface area contributed by atoms with Crippen LogP contribution >= 0.6 is 0 Å². The summed E-state index contributed by atoms with van der Waals surface area (Å²) in [4.78, 5) is 18.0. The lowest BCUT2D eigenvalue weighted by molar-refractivity contribution is -0.182. The molecule has 164 valence electrons. The summed E-state index contributed by atoms with van der Waals surface area (Å²) in [6.45, 7) is 3.02. The Labute approximate surface area is 172 Å². The van der Waals surface area contributed by atoms with Crippen molar-refractivity contribution in [3.63, 3.8) is 0 Å². The number of aromatic nitrogens is 3. The molecule has 0 N–H and O–H groups in total. The van der Waals surface area contributed by atoms with Gasteiger partial charge in [0.1, 0.15) is 6.10 Å². The average Bonchev–Trinajstić information content (AvgIpc) is 3.16. The number of hydrogen-bond acceptors (Lipinski definition) is 5. The molecule has 10 heteroatoms. The molecule has 1 amide bonds. The summed E-state index contributed by atoms with van der Waals surface area (Å²) in [5, 5.41) is 4.69. The number of methoxy groups -OCH3 is 1. The maximum absolute atomic E-state index is 13.0. The first-order valence-electron chi connectivity index (χ1n) is 10.1. The zero-order chi connectivity index (χ0) is 21.5. The van der Waals surface area contributed by atoms with Crippen molar-refractivity contribution >= 4 is 11.7 Å². The fourth-order valence-corrected chi connectivity index (χ4v) is 4.42. The Morgan fingerprint density at radius 2 is 1.97 bits per heavy atom. The van der Waals surface area contributed by atoms with Crippen molar-refractivity contribution in [3.05, 3.63) is 29.2 Å². The summed E-state index contributed by atoms with van der Waals surface area (Å²) in [7, 11) is 1.34. The number of alkyl halides is 3. The van der Waals surface area contributed by atoms with Crippen molar-refractivity contribution in [2.45, 2.75) is 50.8 Å². The number of hydrogen-bond donors (Lipinski definition) is 0. The molecule has 1 aliphatic heterocycles. The summed E-state index contributed by atoms with van der Waals surface area (Å²) < 4.78 is 51.3. The highest BCUT2D eigenvalue weighted by atomic mass is 19.4. The average molecular weight is 426 g/mol. The maximum Gasteiger partial charge on any atom is 0.409 e. The van der Waals surface area contributed by atoms with Gasteiger partial charge in [-0.3, -0.25) is 0 Å². The number of rotatable bonds is 2. The van der Waals surface area contributed by atoms with Crippen molar-refractivity contribution in [1.82, 2.24) is 19.5 Å². The molecule has 0 unspecified atom stereocenters. The van der Waals surface area contributed by atoms with E-state index in [0.717, 1.165) is 17.1 Å². The lowest BCUT2D eigenvalue weighted by Crippen LogP contribution is -2.42. The Morgan fingerprint density at radius 1 is 1.23 bits per heavy atom. The van der Waals surface area contributed by atoms with E-state index in [1.807, 2.05) is 19.1 Å². The lowest BCUT2D eigenvalue weighted by atomic mass is 9.80. The topological polar surface area (TPSA) is 69.0 Å². The van der Waals surface area contributed by atoms with E-state index in [4.69, 9.17) is 9.47 Å². The highest BCUT2D eigenvalue weighted by Crippen LogP contribution is 2.42. The van der Waals surface area contributed by atoms with E-state index in [1.54, 1.807) is 9.42 Å². The van der Waals surface area contributed by atoms with Gasteiger partial charge in [0.05, 0.1) is 37.6 Å². The number of aryl methyl sites for hydroxylation is 1. The van der Waals surface area contributed by atoms with Gasteiger partial charge in [-0.05, 0) is 38.7 Å². The minimum atomic E-state index is -4.13. The minimum Gasteiger partial charge on any atom is -0.453 e. The largest absolute Gasteiger partial charge is 0.453 e. The number of amides is 1. The van der Waals surface area contributed by atoms with Crippen molar-refractivity contribution < 1.29 is 27.4 Å². The Balaban J connectivity index is 1.59. The molecule has 2 fully saturated rings. The van der Waals surface area contributed by atoms with E-state index in [9.17, 15) is 18.0 Å². The minimum absolute atomic E-state index is 0.0164. The third-order valence-corrected chi connectivity index (χ3v) is 6.04. The predicted molar refractivity (Wildman–Crippen MR) is 101 cm³/mol. The summed E-state index contributed by atoms with van der Waals surface area (Å²) in [5.74, 6) is -1.24. The Kier molecular flexibility index (Phi) is 5.61. The molecule has 1 saturated carbocycles. The molecule has 2 aromatic rings.